The van der Waals surface area contributed by atoms with E-state index in [0.29, 0.717) is 22.9 Å². The van der Waals surface area contributed by atoms with Crippen LogP contribution in [0.25, 0.3) is 10.2 Å². The molecule has 1 N–H and O–H groups in total. The third-order valence-electron chi connectivity index (χ3n) is 4.61. The predicted octanol–water partition coefficient (Wildman–Crippen LogP) is 3.01. The van der Waals surface area contributed by atoms with Crippen molar-refractivity contribution in [3.05, 3.63) is 38.2 Å². The average molecular weight is 406 g/mol. The highest BCUT2D eigenvalue weighted by Gasteiger charge is 2.19. The molecule has 0 saturated heterocycles. The topological polar surface area (TPSA) is 80.1 Å². The molecule has 0 radical (unpaired) electrons. The molecule has 3 heterocycles. The number of fused-ring (bicyclic) bond motifs is 1. The third-order valence-corrected chi connectivity index (χ3v) is 6.40. The summed E-state index contributed by atoms with van der Waals surface area (Å²) in [5.74, 6) is 0.338. The van der Waals surface area contributed by atoms with Crippen LogP contribution in [0, 0.1) is 13.8 Å². The van der Waals surface area contributed by atoms with Crippen LogP contribution < -0.4 is 10.9 Å². The Bertz CT molecular complexity index is 1000. The van der Waals surface area contributed by atoms with E-state index >= 15 is 0 Å². The fourth-order valence-corrected chi connectivity index (χ4v) is 4.47. The van der Waals surface area contributed by atoms with Gasteiger partial charge < -0.3 is 5.32 Å². The molecule has 27 heavy (non-hydrogen) atoms. The number of thiophene rings is 1. The zero-order valence-corrected chi connectivity index (χ0v) is 17.5. The van der Waals surface area contributed by atoms with Gasteiger partial charge in [0.2, 0.25) is 5.91 Å². The van der Waals surface area contributed by atoms with Gasteiger partial charge in [0.25, 0.3) is 5.56 Å². The molecule has 0 bridgehead atoms. The van der Waals surface area contributed by atoms with Crippen molar-refractivity contribution in [1.82, 2.24) is 19.4 Å². The third kappa shape index (κ3) is 4.10. The highest BCUT2D eigenvalue weighted by molar-refractivity contribution is 7.18. The number of nitrogens with zero attached hydrogens (tertiary/aromatic N) is 4. The van der Waals surface area contributed by atoms with E-state index in [9.17, 15) is 9.59 Å². The van der Waals surface area contributed by atoms with Gasteiger partial charge in [0, 0.05) is 16.5 Å². The van der Waals surface area contributed by atoms with Crippen molar-refractivity contribution in [2.75, 3.05) is 18.4 Å². The fourth-order valence-electron chi connectivity index (χ4n) is 2.89. The SMILES string of the molecule is CCN(CC)Cc1nc2sc(C)c(C)c2c(=O)n1CC(=O)Nc1nccs1. The van der Waals surface area contributed by atoms with Crippen LogP contribution in [0.5, 0.6) is 0 Å². The standard InChI is InChI=1S/C18H23N5O2S2/c1-5-22(6-2)9-13-20-16-15(11(3)12(4)27-16)17(25)23(13)10-14(24)21-18-19-7-8-26-18/h7-8H,5-6,9-10H2,1-4H3,(H,19,21,24). The highest BCUT2D eigenvalue weighted by atomic mass is 32.1. The first-order valence-corrected chi connectivity index (χ1v) is 10.5. The van der Waals surface area contributed by atoms with Crippen LogP contribution in [0.3, 0.4) is 0 Å². The Morgan fingerprint density at radius 2 is 2.04 bits per heavy atom. The summed E-state index contributed by atoms with van der Waals surface area (Å²) in [5.41, 5.74) is 0.786. The Hall–Kier alpha value is -2.10. The molecule has 0 unspecified atom stereocenters. The molecule has 0 spiro atoms. The number of amides is 1. The molecule has 144 valence electrons. The maximum absolute atomic E-state index is 13.2. The van der Waals surface area contributed by atoms with Crippen molar-refractivity contribution in [3.63, 3.8) is 0 Å². The first-order chi connectivity index (χ1) is 12.9. The van der Waals surface area contributed by atoms with Crippen LogP contribution in [0.2, 0.25) is 0 Å². The number of aryl methyl sites for hydroxylation is 2. The molecule has 1 amide bonds. The summed E-state index contributed by atoms with van der Waals surface area (Å²) in [6, 6.07) is 0. The summed E-state index contributed by atoms with van der Waals surface area (Å²) in [6.45, 7) is 10.2. The Balaban J connectivity index is 2.03. The molecule has 3 aromatic rings. The van der Waals surface area contributed by atoms with Crippen LogP contribution >= 0.6 is 22.7 Å². The molecule has 0 aliphatic heterocycles. The summed E-state index contributed by atoms with van der Waals surface area (Å²) in [7, 11) is 0. The Kier molecular flexibility index (Phi) is 6.03. The van der Waals surface area contributed by atoms with Crippen LogP contribution in [0.15, 0.2) is 16.4 Å². The lowest BCUT2D eigenvalue weighted by molar-refractivity contribution is -0.116. The number of thiazole rings is 1. The van der Waals surface area contributed by atoms with E-state index in [0.717, 1.165) is 28.4 Å². The van der Waals surface area contributed by atoms with Gasteiger partial charge in [0.05, 0.1) is 11.9 Å². The first kappa shape index (κ1) is 19.7. The summed E-state index contributed by atoms with van der Waals surface area (Å²) in [6.07, 6.45) is 1.63. The first-order valence-electron chi connectivity index (χ1n) is 8.85. The van der Waals surface area contributed by atoms with Crippen molar-refractivity contribution in [2.24, 2.45) is 0 Å². The lowest BCUT2D eigenvalue weighted by Crippen LogP contribution is -2.34. The molecular formula is C18H23N5O2S2. The van der Waals surface area contributed by atoms with Crippen LogP contribution in [-0.4, -0.2) is 38.4 Å². The molecule has 0 aromatic carbocycles. The molecule has 0 fully saturated rings. The van der Waals surface area contributed by atoms with E-state index in [-0.39, 0.29) is 18.0 Å². The molecule has 9 heteroatoms. The van der Waals surface area contributed by atoms with Gasteiger partial charge in [-0.25, -0.2) is 9.97 Å². The Morgan fingerprint density at radius 1 is 1.30 bits per heavy atom. The Morgan fingerprint density at radius 3 is 2.67 bits per heavy atom. The van der Waals surface area contributed by atoms with Gasteiger partial charge in [0.1, 0.15) is 17.2 Å². The van der Waals surface area contributed by atoms with E-state index in [1.165, 1.54) is 27.2 Å². The van der Waals surface area contributed by atoms with Crippen molar-refractivity contribution in [1.29, 1.82) is 0 Å². The maximum atomic E-state index is 13.2. The van der Waals surface area contributed by atoms with E-state index < -0.39 is 0 Å². The van der Waals surface area contributed by atoms with Gasteiger partial charge in [-0.15, -0.1) is 22.7 Å². The number of hydrogen-bond acceptors (Lipinski definition) is 7. The lowest BCUT2D eigenvalue weighted by atomic mass is 10.2. The fraction of sp³-hybridized carbons (Fsp3) is 0.444. The molecule has 0 atom stereocenters. The van der Waals surface area contributed by atoms with Gasteiger partial charge in [0.15, 0.2) is 5.13 Å². The van der Waals surface area contributed by atoms with Crippen molar-refractivity contribution < 1.29 is 4.79 Å². The van der Waals surface area contributed by atoms with Crippen molar-refractivity contribution >= 4 is 43.9 Å². The largest absolute Gasteiger partial charge is 0.300 e. The number of nitrogens with one attached hydrogen (secondary N) is 1. The van der Waals surface area contributed by atoms with Crippen LogP contribution in [0.1, 0.15) is 30.1 Å². The Labute approximate surface area is 165 Å². The second kappa shape index (κ2) is 8.28. The van der Waals surface area contributed by atoms with Gasteiger partial charge in [-0.05, 0) is 32.5 Å². The molecule has 7 nitrogen and oxygen atoms in total. The zero-order valence-electron chi connectivity index (χ0n) is 15.9. The summed E-state index contributed by atoms with van der Waals surface area (Å²) >= 11 is 2.87. The second-order valence-electron chi connectivity index (χ2n) is 6.23. The molecule has 0 saturated carbocycles. The van der Waals surface area contributed by atoms with Crippen LogP contribution in [-0.2, 0) is 17.9 Å². The minimum Gasteiger partial charge on any atom is -0.300 e. The van der Waals surface area contributed by atoms with E-state index in [2.05, 4.69) is 29.0 Å². The number of hydrogen-bond donors (Lipinski definition) is 1. The number of anilines is 1. The molecule has 0 aliphatic carbocycles. The number of aromatic nitrogens is 3. The van der Waals surface area contributed by atoms with E-state index in [1.807, 2.05) is 13.8 Å². The van der Waals surface area contributed by atoms with Crippen molar-refractivity contribution in [3.8, 4) is 0 Å². The summed E-state index contributed by atoms with van der Waals surface area (Å²) < 4.78 is 1.50. The smallest absolute Gasteiger partial charge is 0.263 e. The quantitative estimate of drug-likeness (QED) is 0.654. The number of carbonyl (C=O) groups excluding carboxylic acids is 1. The van der Waals surface area contributed by atoms with Gasteiger partial charge in [-0.1, -0.05) is 13.8 Å². The number of rotatable bonds is 7. The number of carbonyl (C=O) groups is 1. The van der Waals surface area contributed by atoms with Gasteiger partial charge in [-0.2, -0.15) is 0 Å². The minimum atomic E-state index is -0.279. The maximum Gasteiger partial charge on any atom is 0.263 e. The monoisotopic (exact) mass is 405 g/mol. The zero-order chi connectivity index (χ0) is 19.6. The van der Waals surface area contributed by atoms with Crippen LogP contribution in [0.4, 0.5) is 5.13 Å². The summed E-state index contributed by atoms with van der Waals surface area (Å²) in [4.78, 5) is 38.5. The second-order valence-corrected chi connectivity index (χ2v) is 8.33. The van der Waals surface area contributed by atoms with E-state index in [1.54, 1.807) is 11.6 Å². The van der Waals surface area contributed by atoms with Gasteiger partial charge >= 0.3 is 0 Å². The molecule has 0 aliphatic rings. The molecular weight excluding hydrogens is 382 g/mol. The predicted molar refractivity (Wildman–Crippen MR) is 111 cm³/mol. The normalized spacial score (nSPS) is 11.4. The van der Waals surface area contributed by atoms with Gasteiger partial charge in [-0.3, -0.25) is 19.1 Å². The summed E-state index contributed by atoms with van der Waals surface area (Å²) in [5, 5.41) is 5.67. The molecule has 3 rings (SSSR count). The van der Waals surface area contributed by atoms with Crippen molar-refractivity contribution in [2.45, 2.75) is 40.8 Å². The average Bonchev–Trinajstić information content (AvgIpc) is 3.24. The van der Waals surface area contributed by atoms with E-state index in [4.69, 9.17) is 4.98 Å². The minimum absolute atomic E-state index is 0.0771. The lowest BCUT2D eigenvalue weighted by Gasteiger charge is -2.20. The highest BCUT2D eigenvalue weighted by Crippen LogP contribution is 2.26. The molecule has 3 aromatic heterocycles.